The van der Waals surface area contributed by atoms with Crippen LogP contribution in [0.4, 0.5) is 0 Å². The van der Waals surface area contributed by atoms with Crippen molar-refractivity contribution in [3.8, 4) is 0 Å². The van der Waals surface area contributed by atoms with Gasteiger partial charge in [-0.05, 0) is 37.6 Å². The van der Waals surface area contributed by atoms with Crippen LogP contribution in [0.1, 0.15) is 35.2 Å². The SMILES string of the molecule is NN(CCN1CCCCC1)C(=O)c1ccccc1CC=O. The molecule has 1 fully saturated rings. The molecule has 1 amide bonds. The second kappa shape index (κ2) is 7.90. The number of amides is 1. The molecule has 0 unspecified atom stereocenters. The molecule has 1 aromatic rings. The van der Waals surface area contributed by atoms with E-state index in [1.807, 2.05) is 6.07 Å². The average molecular weight is 289 g/mol. The van der Waals surface area contributed by atoms with Crippen LogP contribution in [-0.2, 0) is 11.2 Å². The number of hydrogen-bond donors (Lipinski definition) is 1. The molecule has 2 rings (SSSR count). The molecule has 1 aliphatic heterocycles. The van der Waals surface area contributed by atoms with Gasteiger partial charge in [-0.2, -0.15) is 0 Å². The first-order chi connectivity index (χ1) is 10.2. The van der Waals surface area contributed by atoms with Crippen LogP contribution in [-0.4, -0.2) is 48.3 Å². The quantitative estimate of drug-likeness (QED) is 0.370. The Bertz CT molecular complexity index is 484. The summed E-state index contributed by atoms with van der Waals surface area (Å²) in [5, 5.41) is 1.26. The molecule has 0 spiro atoms. The first kappa shape index (κ1) is 15.7. The van der Waals surface area contributed by atoms with Gasteiger partial charge in [-0.3, -0.25) is 9.80 Å². The van der Waals surface area contributed by atoms with Crippen molar-refractivity contribution < 1.29 is 9.59 Å². The fourth-order valence-corrected chi connectivity index (χ4v) is 2.69. The van der Waals surface area contributed by atoms with E-state index in [-0.39, 0.29) is 12.3 Å². The number of piperidine rings is 1. The maximum atomic E-state index is 12.4. The zero-order valence-corrected chi connectivity index (χ0v) is 12.3. The molecule has 1 saturated heterocycles. The standard InChI is InChI=1S/C16H23N3O2/c17-19(12-11-18-9-4-1-5-10-18)16(21)15-7-3-2-6-14(15)8-13-20/h2-3,6-7,13H,1,4-5,8-12,17H2. The molecule has 5 heteroatoms. The number of benzene rings is 1. The van der Waals surface area contributed by atoms with Crippen molar-refractivity contribution in [2.75, 3.05) is 26.2 Å². The minimum atomic E-state index is -0.218. The second-order valence-electron chi connectivity index (χ2n) is 5.43. The Labute approximate surface area is 125 Å². The Kier molecular flexibility index (Phi) is 5.90. The molecule has 2 N–H and O–H groups in total. The molecule has 1 aliphatic rings. The van der Waals surface area contributed by atoms with Crippen LogP contribution in [0, 0.1) is 0 Å². The zero-order valence-electron chi connectivity index (χ0n) is 12.3. The van der Waals surface area contributed by atoms with Crippen molar-refractivity contribution in [3.05, 3.63) is 35.4 Å². The Morgan fingerprint density at radius 3 is 2.67 bits per heavy atom. The number of likely N-dealkylation sites (tertiary alicyclic amines) is 1. The first-order valence-corrected chi connectivity index (χ1v) is 7.53. The van der Waals surface area contributed by atoms with Gasteiger partial charge in [0.15, 0.2) is 0 Å². The third kappa shape index (κ3) is 4.37. The summed E-state index contributed by atoms with van der Waals surface area (Å²) in [5.74, 6) is 5.68. The van der Waals surface area contributed by atoms with Gasteiger partial charge in [-0.25, -0.2) is 5.84 Å². The summed E-state index contributed by atoms with van der Waals surface area (Å²) in [7, 11) is 0. The lowest BCUT2D eigenvalue weighted by Crippen LogP contribution is -2.44. The van der Waals surface area contributed by atoms with Crippen LogP contribution in [0.5, 0.6) is 0 Å². The molecular weight excluding hydrogens is 266 g/mol. The molecule has 0 saturated carbocycles. The molecule has 0 aromatic heterocycles. The number of nitrogens with two attached hydrogens (primary N) is 1. The maximum absolute atomic E-state index is 12.4. The van der Waals surface area contributed by atoms with Crippen LogP contribution >= 0.6 is 0 Å². The fraction of sp³-hybridized carbons (Fsp3) is 0.500. The van der Waals surface area contributed by atoms with E-state index >= 15 is 0 Å². The normalized spacial score (nSPS) is 15.7. The zero-order chi connectivity index (χ0) is 15.1. The first-order valence-electron chi connectivity index (χ1n) is 7.53. The van der Waals surface area contributed by atoms with E-state index in [1.54, 1.807) is 18.2 Å². The van der Waals surface area contributed by atoms with E-state index in [0.29, 0.717) is 12.1 Å². The van der Waals surface area contributed by atoms with Gasteiger partial charge in [-0.1, -0.05) is 24.6 Å². The van der Waals surface area contributed by atoms with Crippen LogP contribution in [0.2, 0.25) is 0 Å². The lowest BCUT2D eigenvalue weighted by atomic mass is 10.0. The highest BCUT2D eigenvalue weighted by atomic mass is 16.2. The lowest BCUT2D eigenvalue weighted by molar-refractivity contribution is -0.107. The van der Waals surface area contributed by atoms with E-state index in [4.69, 9.17) is 5.84 Å². The fourth-order valence-electron chi connectivity index (χ4n) is 2.69. The lowest BCUT2D eigenvalue weighted by Gasteiger charge is -2.28. The number of nitrogens with zero attached hydrogens (tertiary/aromatic N) is 2. The van der Waals surface area contributed by atoms with Crippen LogP contribution in [0.3, 0.4) is 0 Å². The van der Waals surface area contributed by atoms with Gasteiger partial charge in [-0.15, -0.1) is 0 Å². The average Bonchev–Trinajstić information content (AvgIpc) is 2.54. The highest BCUT2D eigenvalue weighted by Crippen LogP contribution is 2.12. The maximum Gasteiger partial charge on any atom is 0.268 e. The number of rotatable bonds is 6. The monoisotopic (exact) mass is 289 g/mol. The molecule has 0 bridgehead atoms. The van der Waals surface area contributed by atoms with Crippen LogP contribution in [0.25, 0.3) is 0 Å². The Balaban J connectivity index is 1.93. The van der Waals surface area contributed by atoms with E-state index in [1.165, 1.54) is 24.3 Å². The van der Waals surface area contributed by atoms with E-state index < -0.39 is 0 Å². The summed E-state index contributed by atoms with van der Waals surface area (Å²) in [6, 6.07) is 7.13. The molecule has 0 atom stereocenters. The predicted molar refractivity (Wildman–Crippen MR) is 81.7 cm³/mol. The highest BCUT2D eigenvalue weighted by Gasteiger charge is 2.17. The van der Waals surface area contributed by atoms with E-state index in [2.05, 4.69) is 4.90 Å². The smallest absolute Gasteiger partial charge is 0.268 e. The number of carbonyl (C=O) groups excluding carboxylic acids is 2. The topological polar surface area (TPSA) is 66.6 Å². The third-order valence-corrected chi connectivity index (χ3v) is 3.92. The van der Waals surface area contributed by atoms with Crippen LogP contribution < -0.4 is 5.84 Å². The highest BCUT2D eigenvalue weighted by molar-refractivity contribution is 5.95. The van der Waals surface area contributed by atoms with E-state index in [9.17, 15) is 9.59 Å². The summed E-state index contributed by atoms with van der Waals surface area (Å²) >= 11 is 0. The van der Waals surface area contributed by atoms with Crippen molar-refractivity contribution in [1.29, 1.82) is 0 Å². The number of aldehydes is 1. The van der Waals surface area contributed by atoms with Crippen molar-refractivity contribution >= 4 is 12.2 Å². The van der Waals surface area contributed by atoms with Crippen molar-refractivity contribution in [2.45, 2.75) is 25.7 Å². The largest absolute Gasteiger partial charge is 0.303 e. The predicted octanol–water partition coefficient (Wildman–Crippen LogP) is 1.23. The van der Waals surface area contributed by atoms with Gasteiger partial charge in [0, 0.05) is 18.5 Å². The second-order valence-corrected chi connectivity index (χ2v) is 5.43. The number of hydrazine groups is 1. The minimum Gasteiger partial charge on any atom is -0.303 e. The summed E-state index contributed by atoms with van der Waals surface area (Å²) < 4.78 is 0. The molecule has 114 valence electrons. The summed E-state index contributed by atoms with van der Waals surface area (Å²) in [5.41, 5.74) is 1.25. The van der Waals surface area contributed by atoms with Crippen molar-refractivity contribution in [3.63, 3.8) is 0 Å². The molecule has 0 aliphatic carbocycles. The molecule has 1 heterocycles. The molecular formula is C16H23N3O2. The van der Waals surface area contributed by atoms with Crippen molar-refractivity contribution in [1.82, 2.24) is 9.91 Å². The summed E-state index contributed by atoms with van der Waals surface area (Å²) in [4.78, 5) is 25.4. The molecule has 1 aromatic carbocycles. The Hall–Kier alpha value is -1.72. The van der Waals surface area contributed by atoms with Gasteiger partial charge >= 0.3 is 0 Å². The summed E-state index contributed by atoms with van der Waals surface area (Å²) in [6.45, 7) is 3.49. The molecule has 5 nitrogen and oxygen atoms in total. The van der Waals surface area contributed by atoms with E-state index in [0.717, 1.165) is 31.5 Å². The van der Waals surface area contributed by atoms with Crippen LogP contribution in [0.15, 0.2) is 24.3 Å². The van der Waals surface area contributed by atoms with Gasteiger partial charge in [0.2, 0.25) is 0 Å². The number of hydrogen-bond acceptors (Lipinski definition) is 4. The number of carbonyl (C=O) groups is 2. The van der Waals surface area contributed by atoms with Gasteiger partial charge in [0.05, 0.1) is 6.54 Å². The summed E-state index contributed by atoms with van der Waals surface area (Å²) in [6.07, 6.45) is 4.78. The van der Waals surface area contributed by atoms with Gasteiger partial charge in [0.1, 0.15) is 6.29 Å². The Morgan fingerprint density at radius 2 is 1.95 bits per heavy atom. The van der Waals surface area contributed by atoms with Crippen molar-refractivity contribution in [2.24, 2.45) is 5.84 Å². The molecule has 0 radical (unpaired) electrons. The Morgan fingerprint density at radius 1 is 1.24 bits per heavy atom. The minimum absolute atomic E-state index is 0.218. The van der Waals surface area contributed by atoms with Gasteiger partial charge in [0.25, 0.3) is 5.91 Å². The third-order valence-electron chi connectivity index (χ3n) is 3.92. The molecule has 21 heavy (non-hydrogen) atoms. The van der Waals surface area contributed by atoms with Gasteiger partial charge < -0.3 is 9.69 Å².